The molecule has 4 heterocycles. The Morgan fingerprint density at radius 1 is 1.03 bits per heavy atom. The van der Waals surface area contributed by atoms with E-state index in [1.54, 1.807) is 24.4 Å². The number of ether oxygens (including phenoxy) is 1. The Bertz CT molecular complexity index is 1170. The van der Waals surface area contributed by atoms with E-state index in [-0.39, 0.29) is 24.3 Å². The molecule has 3 aromatic rings. The second kappa shape index (κ2) is 8.87. The monoisotopic (exact) mass is 450 g/mol. The number of piperazine rings is 1. The number of fused-ring (bicyclic) bond motifs is 1. The minimum absolute atomic E-state index is 0.00230. The van der Waals surface area contributed by atoms with Gasteiger partial charge in [0.2, 0.25) is 5.95 Å². The van der Waals surface area contributed by atoms with Crippen LogP contribution in [-0.2, 0) is 4.79 Å². The first kappa shape index (κ1) is 20.9. The highest BCUT2D eigenvalue weighted by molar-refractivity contribution is 5.96. The zero-order chi connectivity index (χ0) is 22.8. The molecule has 5 rings (SSSR count). The van der Waals surface area contributed by atoms with Crippen molar-refractivity contribution in [2.45, 2.75) is 0 Å². The van der Waals surface area contributed by atoms with Gasteiger partial charge < -0.3 is 30.5 Å². The summed E-state index contributed by atoms with van der Waals surface area (Å²) < 4.78 is 19.7. The first-order chi connectivity index (χ1) is 16.0. The Morgan fingerprint density at radius 2 is 1.85 bits per heavy atom. The number of likely N-dealkylation sites (N-methyl/N-ethyl adjacent to an activating group) is 1. The number of carbonyl (C=O) groups is 1. The molecule has 170 valence electrons. The van der Waals surface area contributed by atoms with Crippen LogP contribution in [0.3, 0.4) is 0 Å². The fraction of sp³-hybridized carbons (Fsp3) is 0.273. The fourth-order valence-corrected chi connectivity index (χ4v) is 3.62. The largest absolute Gasteiger partial charge is 0.482 e. The summed E-state index contributed by atoms with van der Waals surface area (Å²) in [7, 11) is 2.11. The molecule has 2 aliphatic heterocycles. The van der Waals surface area contributed by atoms with E-state index >= 15 is 0 Å². The van der Waals surface area contributed by atoms with E-state index in [1.165, 1.54) is 0 Å². The van der Waals surface area contributed by atoms with E-state index < -0.39 is 5.82 Å². The molecular formula is C22H23FN8O2. The summed E-state index contributed by atoms with van der Waals surface area (Å²) >= 11 is 0. The molecule has 2 aliphatic rings. The second-order valence-electron chi connectivity index (χ2n) is 7.88. The van der Waals surface area contributed by atoms with Crippen LogP contribution in [0.2, 0.25) is 0 Å². The van der Waals surface area contributed by atoms with Gasteiger partial charge in [0.25, 0.3) is 5.91 Å². The highest BCUT2D eigenvalue weighted by Gasteiger charge is 2.17. The number of amides is 1. The molecule has 11 heteroatoms. The lowest BCUT2D eigenvalue weighted by atomic mass is 10.2. The number of carbonyl (C=O) groups excluding carboxylic acids is 1. The zero-order valence-electron chi connectivity index (χ0n) is 18.0. The number of nitrogens with zero attached hydrogens (tertiary/aromatic N) is 5. The van der Waals surface area contributed by atoms with Gasteiger partial charge in [-0.05, 0) is 37.4 Å². The van der Waals surface area contributed by atoms with Gasteiger partial charge in [0.05, 0.1) is 23.8 Å². The molecule has 0 aliphatic carbocycles. The maximum atomic E-state index is 14.4. The Labute approximate surface area is 189 Å². The van der Waals surface area contributed by atoms with Crippen molar-refractivity contribution in [2.24, 2.45) is 0 Å². The Kier molecular flexibility index (Phi) is 5.61. The van der Waals surface area contributed by atoms with Crippen molar-refractivity contribution in [2.75, 3.05) is 60.7 Å². The van der Waals surface area contributed by atoms with Crippen molar-refractivity contribution in [3.05, 3.63) is 48.5 Å². The molecule has 0 radical (unpaired) electrons. The van der Waals surface area contributed by atoms with Crippen molar-refractivity contribution >= 4 is 40.6 Å². The Morgan fingerprint density at radius 3 is 2.64 bits per heavy atom. The molecule has 0 atom stereocenters. The predicted molar refractivity (Wildman–Crippen MR) is 123 cm³/mol. The highest BCUT2D eigenvalue weighted by atomic mass is 19.1. The lowest BCUT2D eigenvalue weighted by Gasteiger charge is -2.33. The van der Waals surface area contributed by atoms with Crippen molar-refractivity contribution in [3.8, 4) is 5.75 Å². The number of halogens is 1. The molecule has 1 fully saturated rings. The molecule has 1 saturated heterocycles. The number of nitrogens with one attached hydrogen (secondary N) is 3. The van der Waals surface area contributed by atoms with Crippen molar-refractivity contribution in [3.63, 3.8) is 0 Å². The minimum Gasteiger partial charge on any atom is -0.482 e. The molecule has 2 aromatic heterocycles. The molecule has 3 N–H and O–H groups in total. The molecule has 0 unspecified atom stereocenters. The van der Waals surface area contributed by atoms with Gasteiger partial charge in [-0.3, -0.25) is 4.79 Å². The molecule has 1 amide bonds. The molecule has 0 saturated carbocycles. The normalized spacial score (nSPS) is 15.9. The second-order valence-corrected chi connectivity index (χ2v) is 7.88. The summed E-state index contributed by atoms with van der Waals surface area (Å²) in [5.41, 5.74) is 1.75. The van der Waals surface area contributed by atoms with Crippen molar-refractivity contribution in [1.82, 2.24) is 19.9 Å². The number of aromatic nitrogens is 3. The summed E-state index contributed by atoms with van der Waals surface area (Å²) in [5, 5.41) is 8.69. The maximum Gasteiger partial charge on any atom is 0.262 e. The van der Waals surface area contributed by atoms with E-state index in [4.69, 9.17) is 4.74 Å². The van der Waals surface area contributed by atoms with E-state index in [1.807, 2.05) is 12.1 Å². The topological polar surface area (TPSA) is 108 Å². The van der Waals surface area contributed by atoms with Crippen LogP contribution in [-0.4, -0.2) is 65.6 Å². The van der Waals surface area contributed by atoms with Gasteiger partial charge in [-0.15, -0.1) is 0 Å². The van der Waals surface area contributed by atoms with Crippen LogP contribution in [0.1, 0.15) is 0 Å². The van der Waals surface area contributed by atoms with Gasteiger partial charge in [0, 0.05) is 31.9 Å². The summed E-state index contributed by atoms with van der Waals surface area (Å²) in [6, 6.07) is 8.91. The SMILES string of the molecule is CN1CCN(c2ccc(Nc3ncc(F)c(Nc4ccc5c(c4)NC(=O)CO5)n3)cn2)CC1. The van der Waals surface area contributed by atoms with E-state index in [0.29, 0.717) is 22.8 Å². The van der Waals surface area contributed by atoms with Crippen molar-refractivity contribution in [1.29, 1.82) is 0 Å². The predicted octanol–water partition coefficient (Wildman–Crippen LogP) is 2.58. The van der Waals surface area contributed by atoms with E-state index in [0.717, 1.165) is 38.2 Å². The van der Waals surface area contributed by atoms with Gasteiger partial charge >= 0.3 is 0 Å². The Hall–Kier alpha value is -3.99. The number of rotatable bonds is 5. The summed E-state index contributed by atoms with van der Waals surface area (Å²) in [5.74, 6) is 0.839. The standard InChI is InChI=1S/C22H23FN8O2/c1-30-6-8-31(9-7-30)19-5-3-15(11-24-19)27-22-25-12-16(23)21(29-22)26-14-2-4-18-17(10-14)28-20(32)13-33-18/h2-5,10-12H,6-9,13H2,1H3,(H,28,32)(H2,25,26,27,29). The molecule has 10 nitrogen and oxygen atoms in total. The minimum atomic E-state index is -0.609. The van der Waals surface area contributed by atoms with Gasteiger partial charge in [-0.1, -0.05) is 0 Å². The molecular weight excluding hydrogens is 427 g/mol. The number of hydrogen-bond acceptors (Lipinski definition) is 9. The third-order valence-corrected chi connectivity index (χ3v) is 5.45. The molecule has 0 spiro atoms. The van der Waals surface area contributed by atoms with Crippen LogP contribution in [0.5, 0.6) is 5.75 Å². The first-order valence-corrected chi connectivity index (χ1v) is 10.6. The number of pyridine rings is 1. The van der Waals surface area contributed by atoms with Gasteiger partial charge in [0.1, 0.15) is 11.6 Å². The van der Waals surface area contributed by atoms with Crippen LogP contribution < -0.4 is 25.6 Å². The average Bonchev–Trinajstić information content (AvgIpc) is 2.82. The summed E-state index contributed by atoms with van der Waals surface area (Å²) in [6.07, 6.45) is 2.80. The molecule has 33 heavy (non-hydrogen) atoms. The average molecular weight is 450 g/mol. The lowest BCUT2D eigenvalue weighted by Crippen LogP contribution is -2.44. The number of benzene rings is 1. The molecule has 1 aromatic carbocycles. The Balaban J connectivity index is 1.28. The van der Waals surface area contributed by atoms with Crippen LogP contribution in [0, 0.1) is 5.82 Å². The highest BCUT2D eigenvalue weighted by Crippen LogP contribution is 2.32. The van der Waals surface area contributed by atoms with Gasteiger partial charge in [0.15, 0.2) is 18.2 Å². The van der Waals surface area contributed by atoms with Crippen LogP contribution in [0.25, 0.3) is 0 Å². The van der Waals surface area contributed by atoms with E-state index in [9.17, 15) is 9.18 Å². The lowest BCUT2D eigenvalue weighted by molar-refractivity contribution is -0.118. The van der Waals surface area contributed by atoms with Crippen LogP contribution >= 0.6 is 0 Å². The van der Waals surface area contributed by atoms with Crippen LogP contribution in [0.4, 0.5) is 39.0 Å². The third-order valence-electron chi connectivity index (χ3n) is 5.45. The third kappa shape index (κ3) is 4.77. The van der Waals surface area contributed by atoms with Gasteiger partial charge in [-0.25, -0.2) is 14.4 Å². The zero-order valence-corrected chi connectivity index (χ0v) is 18.0. The molecule has 0 bridgehead atoms. The van der Waals surface area contributed by atoms with E-state index in [2.05, 4.69) is 47.7 Å². The van der Waals surface area contributed by atoms with Crippen molar-refractivity contribution < 1.29 is 13.9 Å². The maximum absolute atomic E-state index is 14.4. The first-order valence-electron chi connectivity index (χ1n) is 10.6. The summed E-state index contributed by atoms with van der Waals surface area (Å²) in [6.45, 7) is 3.85. The number of hydrogen-bond donors (Lipinski definition) is 3. The summed E-state index contributed by atoms with van der Waals surface area (Å²) in [4.78, 5) is 28.9. The van der Waals surface area contributed by atoms with Gasteiger partial charge in [-0.2, -0.15) is 4.98 Å². The quantitative estimate of drug-likeness (QED) is 0.541. The number of anilines is 6. The van der Waals surface area contributed by atoms with Crippen LogP contribution in [0.15, 0.2) is 42.7 Å². The smallest absolute Gasteiger partial charge is 0.262 e. The fourth-order valence-electron chi connectivity index (χ4n) is 3.62.